The molecule has 0 amide bonds. The number of Topliss-reactive ketones (excluding diaryl/α,β-unsaturated/α-hetero) is 1. The molecule has 0 fully saturated rings. The van der Waals surface area contributed by atoms with E-state index in [-0.39, 0.29) is 11.6 Å². The molecule has 0 radical (unpaired) electrons. The summed E-state index contributed by atoms with van der Waals surface area (Å²) in [5.74, 6) is -0.290. The highest BCUT2D eigenvalue weighted by Crippen LogP contribution is 2.19. The Balaban J connectivity index is 2.43. The Hall–Kier alpha value is -2.22. The summed E-state index contributed by atoms with van der Waals surface area (Å²) in [5, 5.41) is 0. The second-order valence-corrected chi connectivity index (χ2v) is 4.03. The first-order chi connectivity index (χ1) is 8.66. The van der Waals surface area contributed by atoms with Crippen molar-refractivity contribution in [2.45, 2.75) is 6.92 Å². The maximum Gasteiger partial charge on any atom is 0.160 e. The third kappa shape index (κ3) is 2.92. The molecule has 0 aromatic heterocycles. The van der Waals surface area contributed by atoms with E-state index in [0.717, 1.165) is 11.1 Å². The molecule has 0 aliphatic heterocycles. The van der Waals surface area contributed by atoms with Crippen LogP contribution in [0.5, 0.6) is 0 Å². The monoisotopic (exact) mass is 240 g/mol. The zero-order valence-corrected chi connectivity index (χ0v) is 10.1. The second-order valence-electron chi connectivity index (χ2n) is 4.03. The maximum atomic E-state index is 12.8. The van der Waals surface area contributed by atoms with Crippen molar-refractivity contribution < 1.29 is 9.18 Å². The lowest BCUT2D eigenvalue weighted by Gasteiger charge is -2.04. The second kappa shape index (κ2) is 5.41. The molecule has 1 nitrogen and oxygen atoms in total. The molecule has 2 aromatic rings. The molecule has 0 unspecified atom stereocenters. The predicted molar refractivity (Wildman–Crippen MR) is 71.4 cm³/mol. The zero-order valence-electron chi connectivity index (χ0n) is 10.1. The molecule has 0 spiro atoms. The summed E-state index contributed by atoms with van der Waals surface area (Å²) in [4.78, 5) is 11.7. The molecule has 2 rings (SSSR count). The molecule has 0 N–H and O–H groups in total. The van der Waals surface area contributed by atoms with E-state index in [0.29, 0.717) is 5.57 Å². The van der Waals surface area contributed by atoms with Gasteiger partial charge in [-0.1, -0.05) is 42.5 Å². The molecule has 0 aliphatic carbocycles. The summed E-state index contributed by atoms with van der Waals surface area (Å²) in [5.41, 5.74) is 2.31. The highest BCUT2D eigenvalue weighted by Gasteiger charge is 2.06. The summed E-state index contributed by atoms with van der Waals surface area (Å²) < 4.78 is 12.8. The number of hydrogen-bond donors (Lipinski definition) is 0. The van der Waals surface area contributed by atoms with Gasteiger partial charge in [0.15, 0.2) is 5.78 Å². The van der Waals surface area contributed by atoms with Crippen LogP contribution in [0.4, 0.5) is 4.39 Å². The number of carbonyl (C=O) groups is 1. The Bertz CT molecular complexity index is 568. The van der Waals surface area contributed by atoms with Gasteiger partial charge < -0.3 is 0 Å². The van der Waals surface area contributed by atoms with Gasteiger partial charge in [0.1, 0.15) is 5.82 Å². The average molecular weight is 240 g/mol. The fraction of sp³-hybridized carbons (Fsp3) is 0.0625. The molecule has 2 heteroatoms. The lowest BCUT2D eigenvalue weighted by molar-refractivity contribution is -0.111. The van der Waals surface area contributed by atoms with Gasteiger partial charge >= 0.3 is 0 Å². The molecular formula is C16H13FO. The zero-order chi connectivity index (χ0) is 13.0. The van der Waals surface area contributed by atoms with Gasteiger partial charge in [-0.25, -0.2) is 4.39 Å². The van der Waals surface area contributed by atoms with Gasteiger partial charge in [-0.05, 0) is 36.3 Å². The van der Waals surface area contributed by atoms with Crippen LogP contribution in [0.3, 0.4) is 0 Å². The molecule has 2 aromatic carbocycles. The number of halogens is 1. The van der Waals surface area contributed by atoms with Crippen LogP contribution < -0.4 is 0 Å². The van der Waals surface area contributed by atoms with Gasteiger partial charge in [0.05, 0.1) is 0 Å². The Morgan fingerprint density at radius 1 is 1.00 bits per heavy atom. The first kappa shape index (κ1) is 12.2. The topological polar surface area (TPSA) is 17.1 Å². The molecule has 0 saturated carbocycles. The van der Waals surface area contributed by atoms with Crippen LogP contribution in [-0.2, 0) is 4.79 Å². The predicted octanol–water partition coefficient (Wildman–Crippen LogP) is 3.96. The molecule has 90 valence electrons. The van der Waals surface area contributed by atoms with E-state index < -0.39 is 0 Å². The summed E-state index contributed by atoms with van der Waals surface area (Å²) in [7, 11) is 0. The lowest BCUT2D eigenvalue weighted by atomic mass is 10.00. The minimum absolute atomic E-state index is 0.00877. The van der Waals surface area contributed by atoms with Gasteiger partial charge in [-0.15, -0.1) is 0 Å². The fourth-order valence-corrected chi connectivity index (χ4v) is 1.73. The summed E-state index contributed by atoms with van der Waals surface area (Å²) in [6.07, 6.45) is 1.77. The standard InChI is InChI=1S/C16H13FO/c1-12(18)16(14-5-3-2-4-6-14)11-13-7-9-15(17)10-8-13/h2-11H,1H3/b16-11-. The normalized spacial score (nSPS) is 11.3. The van der Waals surface area contributed by atoms with E-state index in [1.165, 1.54) is 19.1 Å². The third-order valence-corrected chi connectivity index (χ3v) is 2.65. The largest absolute Gasteiger partial charge is 0.294 e. The minimum atomic E-state index is -0.281. The molecule has 0 atom stereocenters. The van der Waals surface area contributed by atoms with Crippen molar-refractivity contribution >= 4 is 17.4 Å². The van der Waals surface area contributed by atoms with Crippen molar-refractivity contribution in [1.29, 1.82) is 0 Å². The van der Waals surface area contributed by atoms with Crippen molar-refractivity contribution in [3.05, 3.63) is 71.5 Å². The van der Waals surface area contributed by atoms with Crippen molar-refractivity contribution in [2.75, 3.05) is 0 Å². The Morgan fingerprint density at radius 2 is 1.61 bits per heavy atom. The summed E-state index contributed by atoms with van der Waals surface area (Å²) in [6.45, 7) is 1.53. The Morgan fingerprint density at radius 3 is 2.17 bits per heavy atom. The summed E-state index contributed by atoms with van der Waals surface area (Å²) in [6, 6.07) is 15.5. The quantitative estimate of drug-likeness (QED) is 0.586. The van der Waals surface area contributed by atoms with Gasteiger partial charge in [0.2, 0.25) is 0 Å². The van der Waals surface area contributed by atoms with Gasteiger partial charge in [-0.2, -0.15) is 0 Å². The summed E-state index contributed by atoms with van der Waals surface area (Å²) >= 11 is 0. The lowest BCUT2D eigenvalue weighted by Crippen LogP contribution is -1.95. The van der Waals surface area contributed by atoms with Crippen LogP contribution in [-0.4, -0.2) is 5.78 Å². The molecule has 0 saturated heterocycles. The molecule has 0 bridgehead atoms. The smallest absolute Gasteiger partial charge is 0.160 e. The number of hydrogen-bond acceptors (Lipinski definition) is 1. The van der Waals surface area contributed by atoms with Crippen molar-refractivity contribution in [3.8, 4) is 0 Å². The number of benzene rings is 2. The number of carbonyl (C=O) groups excluding carboxylic acids is 1. The maximum absolute atomic E-state index is 12.8. The number of rotatable bonds is 3. The van der Waals surface area contributed by atoms with Gasteiger partial charge in [0.25, 0.3) is 0 Å². The minimum Gasteiger partial charge on any atom is -0.294 e. The highest BCUT2D eigenvalue weighted by molar-refractivity contribution is 6.24. The SMILES string of the molecule is CC(=O)/C(=C/c1ccc(F)cc1)c1ccccc1. The number of ketones is 1. The van der Waals surface area contributed by atoms with Crippen LogP contribution in [0.1, 0.15) is 18.1 Å². The van der Waals surface area contributed by atoms with E-state index in [4.69, 9.17) is 0 Å². The van der Waals surface area contributed by atoms with Crippen LogP contribution in [0.25, 0.3) is 11.6 Å². The van der Waals surface area contributed by atoms with Gasteiger partial charge in [-0.3, -0.25) is 4.79 Å². The van der Waals surface area contributed by atoms with E-state index in [1.54, 1.807) is 18.2 Å². The molecule has 0 heterocycles. The van der Waals surface area contributed by atoms with Crippen LogP contribution in [0.15, 0.2) is 54.6 Å². The van der Waals surface area contributed by atoms with E-state index in [9.17, 15) is 9.18 Å². The molecular weight excluding hydrogens is 227 g/mol. The Kier molecular flexibility index (Phi) is 3.68. The van der Waals surface area contributed by atoms with Gasteiger partial charge in [0, 0.05) is 5.57 Å². The van der Waals surface area contributed by atoms with Crippen molar-refractivity contribution in [3.63, 3.8) is 0 Å². The first-order valence-electron chi connectivity index (χ1n) is 5.70. The van der Waals surface area contributed by atoms with Crippen LogP contribution >= 0.6 is 0 Å². The van der Waals surface area contributed by atoms with Crippen molar-refractivity contribution in [2.24, 2.45) is 0 Å². The van der Waals surface area contributed by atoms with Crippen molar-refractivity contribution in [1.82, 2.24) is 0 Å². The molecule has 18 heavy (non-hydrogen) atoms. The highest BCUT2D eigenvalue weighted by atomic mass is 19.1. The van der Waals surface area contributed by atoms with E-state index in [2.05, 4.69) is 0 Å². The Labute approximate surface area is 106 Å². The third-order valence-electron chi connectivity index (χ3n) is 2.65. The fourth-order valence-electron chi connectivity index (χ4n) is 1.73. The van der Waals surface area contributed by atoms with Crippen LogP contribution in [0, 0.1) is 5.82 Å². The van der Waals surface area contributed by atoms with E-state index >= 15 is 0 Å². The van der Waals surface area contributed by atoms with E-state index in [1.807, 2.05) is 30.3 Å². The van der Waals surface area contributed by atoms with Crippen LogP contribution in [0.2, 0.25) is 0 Å². The number of allylic oxidation sites excluding steroid dienone is 1. The average Bonchev–Trinajstić information content (AvgIpc) is 2.38. The first-order valence-corrected chi connectivity index (χ1v) is 5.70. The molecule has 0 aliphatic rings.